The minimum absolute atomic E-state index is 0.0597. The van der Waals surface area contributed by atoms with Gasteiger partial charge < -0.3 is 15.5 Å². The quantitative estimate of drug-likeness (QED) is 0.653. The van der Waals surface area contributed by atoms with Crippen LogP contribution < -0.4 is 5.32 Å². The monoisotopic (exact) mass is 230 g/mol. The standard InChI is InChI=1S/C10H15ClN2O2/c1-7(13-8(5-14)6-15)9-3-2-4-12-10(9)11/h2-4,7-8,13-15H,5-6H2,1H3. The van der Waals surface area contributed by atoms with Crippen LogP contribution in [0.25, 0.3) is 0 Å². The Kier molecular flexibility index (Phi) is 4.98. The molecule has 1 aromatic heterocycles. The van der Waals surface area contributed by atoms with Crippen LogP contribution in [0.15, 0.2) is 18.3 Å². The number of hydrogen-bond donors (Lipinski definition) is 3. The summed E-state index contributed by atoms with van der Waals surface area (Å²) in [6.07, 6.45) is 1.62. The van der Waals surface area contributed by atoms with Crippen molar-refractivity contribution in [2.24, 2.45) is 0 Å². The van der Waals surface area contributed by atoms with E-state index < -0.39 is 0 Å². The van der Waals surface area contributed by atoms with Crippen LogP contribution in [-0.2, 0) is 0 Å². The van der Waals surface area contributed by atoms with Gasteiger partial charge in [-0.05, 0) is 13.0 Å². The number of aliphatic hydroxyl groups is 2. The molecule has 0 bridgehead atoms. The highest BCUT2D eigenvalue weighted by Gasteiger charge is 2.14. The number of nitrogens with one attached hydrogen (secondary N) is 1. The Morgan fingerprint density at radius 3 is 2.67 bits per heavy atom. The van der Waals surface area contributed by atoms with Crippen molar-refractivity contribution >= 4 is 11.6 Å². The molecule has 0 spiro atoms. The molecule has 4 nitrogen and oxygen atoms in total. The van der Waals surface area contributed by atoms with E-state index in [-0.39, 0.29) is 25.3 Å². The zero-order valence-corrected chi connectivity index (χ0v) is 9.28. The van der Waals surface area contributed by atoms with Gasteiger partial charge in [0.25, 0.3) is 0 Å². The molecule has 5 heteroatoms. The van der Waals surface area contributed by atoms with Gasteiger partial charge in [0.1, 0.15) is 5.15 Å². The summed E-state index contributed by atoms with van der Waals surface area (Å²) in [7, 11) is 0. The second kappa shape index (κ2) is 6.02. The van der Waals surface area contributed by atoms with Crippen molar-refractivity contribution in [3.05, 3.63) is 29.0 Å². The van der Waals surface area contributed by atoms with Crippen LogP contribution in [0.4, 0.5) is 0 Å². The Bertz CT molecular complexity index is 305. The molecule has 0 amide bonds. The third-order valence-electron chi connectivity index (χ3n) is 2.18. The molecule has 3 N–H and O–H groups in total. The van der Waals surface area contributed by atoms with Gasteiger partial charge in [-0.15, -0.1) is 0 Å². The van der Waals surface area contributed by atoms with E-state index in [0.29, 0.717) is 5.15 Å². The molecule has 0 aliphatic heterocycles. The van der Waals surface area contributed by atoms with Crippen molar-refractivity contribution in [1.82, 2.24) is 10.3 Å². The van der Waals surface area contributed by atoms with Gasteiger partial charge in [0.05, 0.1) is 19.3 Å². The zero-order valence-electron chi connectivity index (χ0n) is 8.52. The maximum absolute atomic E-state index is 8.92. The van der Waals surface area contributed by atoms with Crippen molar-refractivity contribution in [2.45, 2.75) is 19.0 Å². The smallest absolute Gasteiger partial charge is 0.133 e. The second-order valence-electron chi connectivity index (χ2n) is 3.33. The highest BCUT2D eigenvalue weighted by atomic mass is 35.5. The number of halogens is 1. The first-order chi connectivity index (χ1) is 7.19. The molecule has 0 fully saturated rings. The summed E-state index contributed by atoms with van der Waals surface area (Å²) in [6.45, 7) is 1.68. The SMILES string of the molecule is CC(NC(CO)CO)c1cccnc1Cl. The second-order valence-corrected chi connectivity index (χ2v) is 3.69. The topological polar surface area (TPSA) is 65.4 Å². The van der Waals surface area contributed by atoms with E-state index in [2.05, 4.69) is 10.3 Å². The van der Waals surface area contributed by atoms with Crippen LogP contribution in [0.1, 0.15) is 18.5 Å². The average molecular weight is 231 g/mol. The third-order valence-corrected chi connectivity index (χ3v) is 2.50. The summed E-state index contributed by atoms with van der Waals surface area (Å²) in [5.41, 5.74) is 0.853. The minimum atomic E-state index is -0.337. The first-order valence-corrected chi connectivity index (χ1v) is 5.15. The Hall–Kier alpha value is -0.680. The summed E-state index contributed by atoms with van der Waals surface area (Å²) in [5, 5.41) is 21.3. The molecule has 84 valence electrons. The van der Waals surface area contributed by atoms with Crippen LogP contribution in [0.2, 0.25) is 5.15 Å². The number of pyridine rings is 1. The molecule has 0 aromatic carbocycles. The zero-order chi connectivity index (χ0) is 11.3. The lowest BCUT2D eigenvalue weighted by Gasteiger charge is -2.20. The van der Waals surface area contributed by atoms with Gasteiger partial charge in [-0.25, -0.2) is 4.98 Å². The van der Waals surface area contributed by atoms with Crippen molar-refractivity contribution in [1.29, 1.82) is 0 Å². The Balaban J connectivity index is 2.68. The summed E-state index contributed by atoms with van der Waals surface area (Å²) >= 11 is 5.91. The molecule has 0 aliphatic carbocycles. The van der Waals surface area contributed by atoms with Crippen LogP contribution in [0.3, 0.4) is 0 Å². The molecule has 1 unspecified atom stereocenters. The number of aromatic nitrogens is 1. The largest absolute Gasteiger partial charge is 0.395 e. The first kappa shape index (κ1) is 12.4. The van der Waals surface area contributed by atoms with E-state index in [1.54, 1.807) is 12.3 Å². The Morgan fingerprint density at radius 2 is 2.13 bits per heavy atom. The Morgan fingerprint density at radius 1 is 1.47 bits per heavy atom. The first-order valence-electron chi connectivity index (χ1n) is 4.77. The van der Waals surface area contributed by atoms with Crippen LogP contribution in [0, 0.1) is 0 Å². The van der Waals surface area contributed by atoms with Crippen molar-refractivity contribution in [3.63, 3.8) is 0 Å². The molecule has 0 saturated carbocycles. The summed E-state index contributed by atoms with van der Waals surface area (Å²) in [6, 6.07) is 3.26. The summed E-state index contributed by atoms with van der Waals surface area (Å²) in [5.74, 6) is 0. The third kappa shape index (κ3) is 3.43. The minimum Gasteiger partial charge on any atom is -0.395 e. The van der Waals surface area contributed by atoms with Gasteiger partial charge in [0.2, 0.25) is 0 Å². The maximum Gasteiger partial charge on any atom is 0.133 e. The van der Waals surface area contributed by atoms with Gasteiger partial charge in [-0.3, -0.25) is 0 Å². The van der Waals surface area contributed by atoms with Gasteiger partial charge in [-0.1, -0.05) is 17.7 Å². The van der Waals surface area contributed by atoms with Crippen molar-refractivity contribution in [3.8, 4) is 0 Å². The molecule has 1 atom stereocenters. The average Bonchev–Trinajstić information content (AvgIpc) is 2.26. The molecular weight excluding hydrogens is 216 g/mol. The van der Waals surface area contributed by atoms with Crippen molar-refractivity contribution in [2.75, 3.05) is 13.2 Å². The highest BCUT2D eigenvalue weighted by Crippen LogP contribution is 2.19. The molecule has 1 rings (SSSR count). The summed E-state index contributed by atoms with van der Waals surface area (Å²) < 4.78 is 0. The van der Waals surface area contributed by atoms with Crippen LogP contribution in [0.5, 0.6) is 0 Å². The van der Waals surface area contributed by atoms with Gasteiger partial charge in [-0.2, -0.15) is 0 Å². The van der Waals surface area contributed by atoms with E-state index in [9.17, 15) is 0 Å². The van der Waals surface area contributed by atoms with Gasteiger partial charge in [0.15, 0.2) is 0 Å². The van der Waals surface area contributed by atoms with E-state index >= 15 is 0 Å². The predicted octanol–water partition coefficient (Wildman–Crippen LogP) is 0.739. The highest BCUT2D eigenvalue weighted by molar-refractivity contribution is 6.30. The lowest BCUT2D eigenvalue weighted by Crippen LogP contribution is -2.37. The number of rotatable bonds is 5. The van der Waals surface area contributed by atoms with Crippen LogP contribution in [-0.4, -0.2) is 34.5 Å². The predicted molar refractivity (Wildman–Crippen MR) is 58.8 cm³/mol. The Labute approximate surface area is 93.9 Å². The summed E-state index contributed by atoms with van der Waals surface area (Å²) in [4.78, 5) is 3.96. The number of hydrogen-bond acceptors (Lipinski definition) is 4. The van der Waals surface area contributed by atoms with Crippen LogP contribution >= 0.6 is 11.6 Å². The van der Waals surface area contributed by atoms with Crippen molar-refractivity contribution < 1.29 is 10.2 Å². The molecule has 0 aliphatic rings. The molecule has 1 heterocycles. The molecule has 0 radical (unpaired) electrons. The van der Waals surface area contributed by atoms with Gasteiger partial charge >= 0.3 is 0 Å². The number of nitrogens with zero attached hydrogens (tertiary/aromatic N) is 1. The normalized spacial score (nSPS) is 13.1. The van der Waals surface area contributed by atoms with Gasteiger partial charge in [0, 0.05) is 17.8 Å². The van der Waals surface area contributed by atoms with E-state index in [1.807, 2.05) is 13.0 Å². The molecule has 15 heavy (non-hydrogen) atoms. The molecular formula is C10H15ClN2O2. The molecule has 0 saturated heterocycles. The lowest BCUT2D eigenvalue weighted by molar-refractivity contribution is 0.163. The maximum atomic E-state index is 8.92. The fourth-order valence-corrected chi connectivity index (χ4v) is 1.61. The fourth-order valence-electron chi connectivity index (χ4n) is 1.33. The fraction of sp³-hybridized carbons (Fsp3) is 0.500. The van der Waals surface area contributed by atoms with E-state index in [1.165, 1.54) is 0 Å². The molecule has 1 aromatic rings. The number of aliphatic hydroxyl groups excluding tert-OH is 2. The lowest BCUT2D eigenvalue weighted by atomic mass is 10.1. The van der Waals surface area contributed by atoms with E-state index in [4.69, 9.17) is 21.8 Å². The van der Waals surface area contributed by atoms with E-state index in [0.717, 1.165) is 5.56 Å².